The number of nitrogens with zero attached hydrogens (tertiary/aromatic N) is 1. The van der Waals surface area contributed by atoms with Crippen molar-refractivity contribution in [1.82, 2.24) is 5.43 Å². The second kappa shape index (κ2) is 9.97. The normalized spacial score (nSPS) is 11.2. The number of hydrogen-bond acceptors (Lipinski definition) is 4. The summed E-state index contributed by atoms with van der Waals surface area (Å²) in [6.07, 6.45) is 1.57. The van der Waals surface area contributed by atoms with Gasteiger partial charge in [-0.25, -0.2) is 5.43 Å². The number of hydrogen-bond donors (Lipinski definition) is 1. The predicted octanol–water partition coefficient (Wildman–Crippen LogP) is 6.91. The molecule has 0 aliphatic carbocycles. The Hall–Kier alpha value is -2.17. The van der Waals surface area contributed by atoms with Crippen LogP contribution in [0.15, 0.2) is 85.2 Å². The molecule has 8 heteroatoms. The monoisotopic (exact) mass is 652 g/mol. The summed E-state index contributed by atoms with van der Waals surface area (Å²) in [5.41, 5.74) is 5.05. The Balaban J connectivity index is 1.41. The van der Waals surface area contributed by atoms with Crippen molar-refractivity contribution in [2.24, 2.45) is 5.10 Å². The number of furan rings is 1. The van der Waals surface area contributed by atoms with E-state index in [2.05, 4.69) is 65.0 Å². The summed E-state index contributed by atoms with van der Waals surface area (Å²) >= 11 is 9.18. The molecule has 1 amide bonds. The van der Waals surface area contributed by atoms with Crippen LogP contribution in [-0.2, 0) is 6.61 Å². The van der Waals surface area contributed by atoms with Crippen molar-refractivity contribution >= 4 is 77.5 Å². The van der Waals surface area contributed by atoms with Crippen molar-refractivity contribution in [2.45, 2.75) is 6.61 Å². The summed E-state index contributed by atoms with van der Waals surface area (Å²) < 4.78 is 14.2. The molecule has 156 valence electrons. The topological polar surface area (TPSA) is 63.8 Å². The van der Waals surface area contributed by atoms with Crippen LogP contribution in [0, 0.1) is 3.57 Å². The Morgan fingerprint density at radius 1 is 1.10 bits per heavy atom. The Bertz CT molecular complexity index is 1250. The lowest BCUT2D eigenvalue weighted by Gasteiger charge is -2.11. The minimum absolute atomic E-state index is 0.200. The van der Waals surface area contributed by atoms with E-state index in [1.807, 2.05) is 54.6 Å². The van der Waals surface area contributed by atoms with Crippen LogP contribution < -0.4 is 10.2 Å². The Morgan fingerprint density at radius 2 is 1.90 bits per heavy atom. The first kappa shape index (κ1) is 22.0. The Kier molecular flexibility index (Phi) is 7.09. The summed E-state index contributed by atoms with van der Waals surface area (Å²) in [5.74, 6) is 0.546. The lowest BCUT2D eigenvalue weighted by atomic mass is 10.2. The molecule has 0 bridgehead atoms. The van der Waals surface area contributed by atoms with Gasteiger partial charge < -0.3 is 9.15 Å². The van der Waals surface area contributed by atoms with Crippen LogP contribution in [0.5, 0.6) is 5.75 Å². The van der Waals surface area contributed by atoms with Crippen molar-refractivity contribution < 1.29 is 13.9 Å². The molecule has 0 aliphatic heterocycles. The molecule has 4 aromatic rings. The highest BCUT2D eigenvalue weighted by Gasteiger charge is 2.12. The number of amides is 1. The lowest BCUT2D eigenvalue weighted by molar-refractivity contribution is 0.0929. The van der Waals surface area contributed by atoms with Crippen LogP contribution in [0.25, 0.3) is 11.0 Å². The molecule has 0 atom stereocenters. The maximum Gasteiger partial charge on any atom is 0.307 e. The quantitative estimate of drug-likeness (QED) is 0.140. The molecule has 1 heterocycles. The van der Waals surface area contributed by atoms with E-state index >= 15 is 0 Å². The first-order chi connectivity index (χ1) is 15.0. The van der Waals surface area contributed by atoms with Crippen LogP contribution >= 0.6 is 54.5 Å². The average molecular weight is 654 g/mol. The number of carbonyl (C=O) groups is 1. The summed E-state index contributed by atoms with van der Waals surface area (Å²) in [6, 6.07) is 21.0. The maximum absolute atomic E-state index is 12.3. The third-order valence-electron chi connectivity index (χ3n) is 4.33. The molecule has 3 aromatic carbocycles. The van der Waals surface area contributed by atoms with Crippen molar-refractivity contribution in [2.75, 3.05) is 0 Å². The van der Waals surface area contributed by atoms with Crippen molar-refractivity contribution in [1.29, 1.82) is 0 Å². The van der Waals surface area contributed by atoms with E-state index in [0.29, 0.717) is 12.2 Å². The number of hydrazone groups is 1. The number of carbonyl (C=O) groups excluding carboxylic acids is 1. The second-order valence-corrected chi connectivity index (χ2v) is 9.51. The van der Waals surface area contributed by atoms with E-state index in [0.717, 1.165) is 34.8 Å². The summed E-state index contributed by atoms with van der Waals surface area (Å²) in [6.45, 7) is 0.479. The number of halogens is 3. The van der Waals surface area contributed by atoms with Gasteiger partial charge in [-0.1, -0.05) is 46.3 Å². The molecule has 0 radical (unpaired) electrons. The Morgan fingerprint density at radius 3 is 2.68 bits per heavy atom. The van der Waals surface area contributed by atoms with E-state index in [1.165, 1.54) is 0 Å². The number of rotatable bonds is 6. The number of nitrogens with one attached hydrogen (secondary N) is 1. The summed E-state index contributed by atoms with van der Waals surface area (Å²) in [7, 11) is 0. The van der Waals surface area contributed by atoms with Gasteiger partial charge in [-0.05, 0) is 86.0 Å². The van der Waals surface area contributed by atoms with Gasteiger partial charge in [0.15, 0.2) is 5.76 Å². The standard InChI is InChI=1S/C23H15Br2IN2O3/c24-17-6-7-20-16(10-17)11-21(31-20)23(29)28-27-12-15-8-18(25)22(19(26)9-15)30-13-14-4-2-1-3-5-14/h1-12H,13H2,(H,28,29)/b27-12+. The molecule has 1 N–H and O–H groups in total. The van der Waals surface area contributed by atoms with E-state index < -0.39 is 5.91 Å². The van der Waals surface area contributed by atoms with Gasteiger partial charge >= 0.3 is 5.91 Å². The minimum Gasteiger partial charge on any atom is -0.487 e. The van der Waals surface area contributed by atoms with Gasteiger partial charge in [0.2, 0.25) is 0 Å². The van der Waals surface area contributed by atoms with E-state index in [4.69, 9.17) is 9.15 Å². The molecule has 0 saturated carbocycles. The van der Waals surface area contributed by atoms with Crippen molar-refractivity contribution in [3.63, 3.8) is 0 Å². The molecular formula is C23H15Br2IN2O3. The first-order valence-electron chi connectivity index (χ1n) is 9.18. The average Bonchev–Trinajstić information content (AvgIpc) is 3.17. The van der Waals surface area contributed by atoms with E-state index in [9.17, 15) is 4.79 Å². The van der Waals surface area contributed by atoms with Gasteiger partial charge in [-0.2, -0.15) is 5.10 Å². The fourth-order valence-electron chi connectivity index (χ4n) is 2.87. The van der Waals surface area contributed by atoms with E-state index in [-0.39, 0.29) is 5.76 Å². The molecule has 0 unspecified atom stereocenters. The minimum atomic E-state index is -0.417. The number of benzene rings is 3. The SMILES string of the molecule is O=C(N/N=C/c1cc(Br)c(OCc2ccccc2)c(I)c1)c1cc2cc(Br)ccc2o1. The number of ether oxygens (including phenoxy) is 1. The maximum atomic E-state index is 12.3. The molecule has 4 rings (SSSR count). The van der Waals surface area contributed by atoms with Gasteiger partial charge in [-0.15, -0.1) is 0 Å². The zero-order valence-electron chi connectivity index (χ0n) is 15.9. The molecule has 31 heavy (non-hydrogen) atoms. The lowest BCUT2D eigenvalue weighted by Crippen LogP contribution is -2.16. The zero-order chi connectivity index (χ0) is 21.8. The van der Waals surface area contributed by atoms with Crippen LogP contribution in [-0.4, -0.2) is 12.1 Å². The Labute approximate surface area is 209 Å². The first-order valence-corrected chi connectivity index (χ1v) is 11.8. The van der Waals surface area contributed by atoms with Gasteiger partial charge in [0, 0.05) is 9.86 Å². The largest absolute Gasteiger partial charge is 0.487 e. The van der Waals surface area contributed by atoms with Crippen LogP contribution in [0.4, 0.5) is 0 Å². The summed E-state index contributed by atoms with van der Waals surface area (Å²) in [4.78, 5) is 12.3. The molecule has 0 spiro atoms. The van der Waals surface area contributed by atoms with Gasteiger partial charge in [0.1, 0.15) is 17.9 Å². The molecule has 1 aromatic heterocycles. The van der Waals surface area contributed by atoms with E-state index in [1.54, 1.807) is 18.3 Å². The third-order valence-corrected chi connectivity index (χ3v) is 6.21. The molecule has 0 fully saturated rings. The smallest absolute Gasteiger partial charge is 0.307 e. The fourth-order valence-corrected chi connectivity index (χ4v) is 5.02. The second-order valence-electron chi connectivity index (χ2n) is 6.58. The van der Waals surface area contributed by atoms with Crippen LogP contribution in [0.3, 0.4) is 0 Å². The van der Waals surface area contributed by atoms with Crippen molar-refractivity contribution in [3.8, 4) is 5.75 Å². The summed E-state index contributed by atoms with van der Waals surface area (Å²) in [5, 5.41) is 4.89. The zero-order valence-corrected chi connectivity index (χ0v) is 21.3. The molecule has 5 nitrogen and oxygen atoms in total. The van der Waals surface area contributed by atoms with Gasteiger partial charge in [0.25, 0.3) is 0 Å². The van der Waals surface area contributed by atoms with Gasteiger partial charge in [-0.3, -0.25) is 4.79 Å². The predicted molar refractivity (Wildman–Crippen MR) is 137 cm³/mol. The third kappa shape index (κ3) is 5.55. The fraction of sp³-hybridized carbons (Fsp3) is 0.0435. The van der Waals surface area contributed by atoms with Crippen LogP contribution in [0.1, 0.15) is 21.7 Å². The van der Waals surface area contributed by atoms with Gasteiger partial charge in [0.05, 0.1) is 14.3 Å². The highest BCUT2D eigenvalue weighted by Crippen LogP contribution is 2.32. The van der Waals surface area contributed by atoms with Crippen molar-refractivity contribution in [3.05, 3.63) is 96.1 Å². The van der Waals surface area contributed by atoms with Crippen LogP contribution in [0.2, 0.25) is 0 Å². The highest BCUT2D eigenvalue weighted by molar-refractivity contribution is 14.1. The molecule has 0 saturated heterocycles. The highest BCUT2D eigenvalue weighted by atomic mass is 127. The number of fused-ring (bicyclic) bond motifs is 1. The molecule has 0 aliphatic rings. The molecular weight excluding hydrogens is 639 g/mol.